The Morgan fingerprint density at radius 1 is 0.594 bits per heavy atom. The van der Waals surface area contributed by atoms with E-state index in [9.17, 15) is 4.79 Å². The maximum absolute atomic E-state index is 12.6. The summed E-state index contributed by atoms with van der Waals surface area (Å²) < 4.78 is 0. The molecule has 32 heavy (non-hydrogen) atoms. The lowest BCUT2D eigenvalue weighted by molar-refractivity contribution is 0.102. The van der Waals surface area contributed by atoms with Gasteiger partial charge in [0, 0.05) is 33.4 Å². The fourth-order valence-electron chi connectivity index (χ4n) is 3.18. The number of carbonyl (C=O) groups excluding carboxylic acids is 1. The summed E-state index contributed by atoms with van der Waals surface area (Å²) in [6.07, 6.45) is 0. The third kappa shape index (κ3) is 6.78. The minimum atomic E-state index is -0.0834. The average molecular weight is 456 g/mol. The van der Waals surface area contributed by atoms with Crippen molar-refractivity contribution in [1.29, 1.82) is 0 Å². The molecule has 0 aliphatic heterocycles. The zero-order valence-electron chi connectivity index (χ0n) is 17.7. The number of rotatable bonds is 9. The summed E-state index contributed by atoms with van der Waals surface area (Å²) in [7, 11) is 0. The minimum absolute atomic E-state index is 0.0834. The number of benzene rings is 4. The van der Waals surface area contributed by atoms with Crippen molar-refractivity contribution in [2.45, 2.75) is 22.2 Å². The van der Waals surface area contributed by atoms with E-state index in [1.165, 1.54) is 21.6 Å². The summed E-state index contributed by atoms with van der Waals surface area (Å²) in [6, 6.07) is 36.8. The van der Waals surface area contributed by atoms with Crippen LogP contribution in [0.5, 0.6) is 0 Å². The van der Waals surface area contributed by atoms with E-state index in [0.717, 1.165) is 22.9 Å². The van der Waals surface area contributed by atoms with Gasteiger partial charge in [0.25, 0.3) is 5.91 Å². The number of thioether (sulfide) groups is 2. The summed E-state index contributed by atoms with van der Waals surface area (Å²) in [5.41, 5.74) is 5.27. The van der Waals surface area contributed by atoms with Gasteiger partial charge in [-0.3, -0.25) is 4.79 Å². The van der Waals surface area contributed by atoms with Crippen LogP contribution in [-0.4, -0.2) is 5.91 Å². The standard InChI is InChI=1S/C28H25NOS2/c30-28(25-15-11-23(12-16-25)20-31-19-22-7-3-1-4-8-22)29-26-17-13-24(14-18-26)21-32-27-9-5-2-6-10-27/h1-18H,19-21H2,(H,29,30). The summed E-state index contributed by atoms with van der Waals surface area (Å²) in [4.78, 5) is 13.9. The van der Waals surface area contributed by atoms with Gasteiger partial charge in [-0.1, -0.05) is 72.8 Å². The molecule has 0 fully saturated rings. The molecule has 0 atom stereocenters. The van der Waals surface area contributed by atoms with Crippen molar-refractivity contribution in [3.8, 4) is 0 Å². The van der Waals surface area contributed by atoms with Gasteiger partial charge < -0.3 is 5.32 Å². The van der Waals surface area contributed by atoms with Crippen molar-refractivity contribution in [1.82, 2.24) is 0 Å². The van der Waals surface area contributed by atoms with Crippen LogP contribution in [-0.2, 0) is 17.3 Å². The molecule has 4 heteroatoms. The van der Waals surface area contributed by atoms with Gasteiger partial charge in [-0.25, -0.2) is 0 Å². The quantitative estimate of drug-likeness (QED) is 0.263. The highest BCUT2D eigenvalue weighted by Crippen LogP contribution is 2.23. The van der Waals surface area contributed by atoms with Crippen LogP contribution in [0, 0.1) is 0 Å². The van der Waals surface area contributed by atoms with Crippen LogP contribution in [0.1, 0.15) is 27.0 Å². The largest absolute Gasteiger partial charge is 0.322 e. The van der Waals surface area contributed by atoms with Crippen molar-refractivity contribution < 1.29 is 4.79 Å². The van der Waals surface area contributed by atoms with E-state index in [4.69, 9.17) is 0 Å². The fourth-order valence-corrected chi connectivity index (χ4v) is 5.02. The van der Waals surface area contributed by atoms with Crippen molar-refractivity contribution in [2.75, 3.05) is 5.32 Å². The van der Waals surface area contributed by atoms with E-state index in [-0.39, 0.29) is 5.91 Å². The first-order valence-electron chi connectivity index (χ1n) is 10.5. The lowest BCUT2D eigenvalue weighted by Gasteiger charge is -2.08. The molecule has 0 bridgehead atoms. The Labute approximate surface area is 198 Å². The van der Waals surface area contributed by atoms with Gasteiger partial charge in [-0.05, 0) is 53.1 Å². The molecule has 0 saturated carbocycles. The third-order valence-corrected chi connectivity index (χ3v) is 7.12. The highest BCUT2D eigenvalue weighted by atomic mass is 32.2. The Morgan fingerprint density at radius 2 is 1.12 bits per heavy atom. The van der Waals surface area contributed by atoms with Gasteiger partial charge in [0.2, 0.25) is 0 Å². The van der Waals surface area contributed by atoms with E-state index in [2.05, 4.69) is 66.0 Å². The second-order valence-electron chi connectivity index (χ2n) is 7.43. The van der Waals surface area contributed by atoms with Crippen LogP contribution >= 0.6 is 23.5 Å². The van der Waals surface area contributed by atoms with Crippen LogP contribution < -0.4 is 5.32 Å². The number of anilines is 1. The van der Waals surface area contributed by atoms with Gasteiger partial charge in [0.05, 0.1) is 0 Å². The van der Waals surface area contributed by atoms with Gasteiger partial charge in [-0.15, -0.1) is 11.8 Å². The van der Waals surface area contributed by atoms with Crippen LogP contribution in [0.15, 0.2) is 114 Å². The lowest BCUT2D eigenvalue weighted by Crippen LogP contribution is -2.11. The first-order valence-corrected chi connectivity index (χ1v) is 12.7. The Bertz CT molecular complexity index is 1110. The number of hydrogen-bond donors (Lipinski definition) is 1. The molecule has 0 aliphatic rings. The predicted molar refractivity (Wildman–Crippen MR) is 138 cm³/mol. The Hall–Kier alpha value is -2.95. The summed E-state index contributed by atoms with van der Waals surface area (Å²) >= 11 is 3.68. The first kappa shape index (κ1) is 22.3. The number of hydrogen-bond acceptors (Lipinski definition) is 3. The van der Waals surface area contributed by atoms with Crippen LogP contribution in [0.4, 0.5) is 5.69 Å². The van der Waals surface area contributed by atoms with Crippen molar-refractivity contribution in [3.63, 3.8) is 0 Å². The molecule has 0 heterocycles. The molecule has 0 unspecified atom stereocenters. The highest BCUT2D eigenvalue weighted by Gasteiger charge is 2.07. The maximum atomic E-state index is 12.6. The molecule has 4 aromatic rings. The maximum Gasteiger partial charge on any atom is 0.255 e. The summed E-state index contributed by atoms with van der Waals surface area (Å²) in [5.74, 6) is 2.74. The second-order valence-corrected chi connectivity index (χ2v) is 9.46. The van der Waals surface area contributed by atoms with Crippen LogP contribution in [0.3, 0.4) is 0 Å². The third-order valence-electron chi connectivity index (χ3n) is 4.96. The van der Waals surface area contributed by atoms with Crippen molar-refractivity contribution in [2.24, 2.45) is 0 Å². The number of nitrogens with one attached hydrogen (secondary N) is 1. The predicted octanol–water partition coefficient (Wildman–Crippen LogP) is 7.66. The summed E-state index contributed by atoms with van der Waals surface area (Å²) in [6.45, 7) is 0. The smallest absolute Gasteiger partial charge is 0.255 e. The average Bonchev–Trinajstić information content (AvgIpc) is 2.85. The molecule has 160 valence electrons. The highest BCUT2D eigenvalue weighted by molar-refractivity contribution is 7.98. The number of carbonyl (C=O) groups is 1. The minimum Gasteiger partial charge on any atom is -0.322 e. The molecule has 4 aromatic carbocycles. The Morgan fingerprint density at radius 3 is 1.78 bits per heavy atom. The van der Waals surface area contributed by atoms with E-state index in [1.54, 1.807) is 11.8 Å². The molecule has 0 spiro atoms. The lowest BCUT2D eigenvalue weighted by atomic mass is 10.1. The van der Waals surface area contributed by atoms with Crippen molar-refractivity contribution >= 4 is 35.1 Å². The molecule has 4 rings (SSSR count). The molecular formula is C28H25NOS2. The number of amides is 1. The van der Waals surface area contributed by atoms with E-state index in [1.807, 2.05) is 60.3 Å². The molecule has 0 saturated heterocycles. The molecule has 1 amide bonds. The molecule has 0 aliphatic carbocycles. The van der Waals surface area contributed by atoms with E-state index < -0.39 is 0 Å². The Balaban J connectivity index is 1.25. The topological polar surface area (TPSA) is 29.1 Å². The Kier molecular flexibility index (Phi) is 8.07. The van der Waals surface area contributed by atoms with Gasteiger partial charge in [-0.2, -0.15) is 11.8 Å². The molecule has 0 aromatic heterocycles. The van der Waals surface area contributed by atoms with Gasteiger partial charge >= 0.3 is 0 Å². The van der Waals surface area contributed by atoms with Gasteiger partial charge in [0.1, 0.15) is 0 Å². The first-order chi connectivity index (χ1) is 15.8. The molecular weight excluding hydrogens is 430 g/mol. The van der Waals surface area contributed by atoms with Crippen LogP contribution in [0.2, 0.25) is 0 Å². The normalized spacial score (nSPS) is 10.6. The molecule has 0 radical (unpaired) electrons. The monoisotopic (exact) mass is 455 g/mol. The zero-order valence-corrected chi connectivity index (χ0v) is 19.4. The molecule has 2 nitrogen and oxygen atoms in total. The van der Waals surface area contributed by atoms with Gasteiger partial charge in [0.15, 0.2) is 0 Å². The SMILES string of the molecule is O=C(Nc1ccc(CSc2ccccc2)cc1)c1ccc(CSCc2ccccc2)cc1. The van der Waals surface area contributed by atoms with E-state index >= 15 is 0 Å². The summed E-state index contributed by atoms with van der Waals surface area (Å²) in [5, 5.41) is 2.99. The van der Waals surface area contributed by atoms with E-state index in [0.29, 0.717) is 5.56 Å². The molecule has 1 N–H and O–H groups in total. The van der Waals surface area contributed by atoms with Crippen molar-refractivity contribution in [3.05, 3.63) is 131 Å². The fraction of sp³-hybridized carbons (Fsp3) is 0.107. The second kappa shape index (κ2) is 11.6. The van der Waals surface area contributed by atoms with Crippen LogP contribution in [0.25, 0.3) is 0 Å². The zero-order chi connectivity index (χ0) is 22.0.